The van der Waals surface area contributed by atoms with Crippen LogP contribution in [0.3, 0.4) is 0 Å². The van der Waals surface area contributed by atoms with Crippen molar-refractivity contribution in [1.82, 2.24) is 4.31 Å². The quantitative estimate of drug-likeness (QED) is 0.414. The number of hydrogen-bond donors (Lipinski definition) is 1. The summed E-state index contributed by atoms with van der Waals surface area (Å²) in [6.45, 7) is 2.27. The molecule has 1 aromatic heterocycles. The van der Waals surface area contributed by atoms with E-state index in [1.165, 1.54) is 46.1 Å². The van der Waals surface area contributed by atoms with Gasteiger partial charge in [0.2, 0.25) is 9.84 Å². The van der Waals surface area contributed by atoms with E-state index in [1.807, 2.05) is 12.1 Å². The van der Waals surface area contributed by atoms with Crippen molar-refractivity contribution in [3.05, 3.63) is 71.1 Å². The average Bonchev–Trinajstić information content (AvgIpc) is 3.53. The Balaban J connectivity index is 1.26. The van der Waals surface area contributed by atoms with Gasteiger partial charge in [-0.15, -0.1) is 11.3 Å². The maximum atomic E-state index is 13.6. The highest BCUT2D eigenvalue weighted by atomic mass is 32.2. The summed E-state index contributed by atoms with van der Waals surface area (Å²) in [7, 11) is -6.26. The third kappa shape index (κ3) is 4.35. The Hall–Kier alpha value is -2.53. The predicted octanol–water partition coefficient (Wildman–Crippen LogP) is 5.26. The molecule has 0 spiro atoms. The van der Waals surface area contributed by atoms with Crippen molar-refractivity contribution in [2.45, 2.75) is 58.9 Å². The maximum absolute atomic E-state index is 13.6. The fourth-order valence-electron chi connectivity index (χ4n) is 7.68. The van der Waals surface area contributed by atoms with Crippen LogP contribution in [0.2, 0.25) is 0 Å². The van der Waals surface area contributed by atoms with E-state index >= 15 is 0 Å². The summed E-state index contributed by atoms with van der Waals surface area (Å²) >= 11 is 0.902. The number of hydrogen-bond acceptors (Lipinski definition) is 7. The highest BCUT2D eigenvalue weighted by molar-refractivity contribution is 7.92. The van der Waals surface area contributed by atoms with Crippen LogP contribution in [0.1, 0.15) is 49.7 Å². The molecule has 0 bridgehead atoms. The van der Waals surface area contributed by atoms with Crippen LogP contribution in [-0.4, -0.2) is 45.6 Å². The number of thiophene rings is 1. The molecule has 0 unspecified atom stereocenters. The monoisotopic (exact) mass is 599 g/mol. The first-order chi connectivity index (χ1) is 18.9. The van der Waals surface area contributed by atoms with Crippen molar-refractivity contribution < 1.29 is 26.7 Å². The minimum Gasteiger partial charge on any atom is -0.508 e. The van der Waals surface area contributed by atoms with Crippen LogP contribution in [0.15, 0.2) is 74.0 Å². The number of aryl methyl sites for hydroxylation is 1. The number of carbonyl (C=O) groups excluding carboxylic acids is 1. The zero-order valence-corrected chi connectivity index (χ0v) is 24.9. The van der Waals surface area contributed by atoms with Gasteiger partial charge in [0.05, 0.1) is 9.79 Å². The molecule has 6 rings (SSSR count). The van der Waals surface area contributed by atoms with Crippen molar-refractivity contribution in [2.24, 2.45) is 23.2 Å². The van der Waals surface area contributed by atoms with Gasteiger partial charge in [-0.25, -0.2) is 16.8 Å². The van der Waals surface area contributed by atoms with Crippen molar-refractivity contribution in [3.63, 3.8) is 0 Å². The minimum absolute atomic E-state index is 0.0236. The predicted molar refractivity (Wildman–Crippen MR) is 153 cm³/mol. The van der Waals surface area contributed by atoms with E-state index in [2.05, 4.69) is 6.92 Å². The third-order valence-corrected chi connectivity index (χ3v) is 14.8. The summed E-state index contributed by atoms with van der Waals surface area (Å²) in [5.74, 6) is 1.00. The lowest BCUT2D eigenvalue weighted by atomic mass is 9.54. The van der Waals surface area contributed by atoms with E-state index in [0.29, 0.717) is 12.3 Å². The molecular weight excluding hydrogens is 567 g/mol. The van der Waals surface area contributed by atoms with Gasteiger partial charge in [-0.3, -0.25) is 4.79 Å². The molecule has 5 atom stereocenters. The molecule has 0 saturated heterocycles. The number of phenolic OH excluding ortho intramolecular Hbond substituents is 1. The number of carbonyl (C=O) groups is 1. The number of phenols is 1. The lowest BCUT2D eigenvalue weighted by Gasteiger charge is -2.50. The summed E-state index contributed by atoms with van der Waals surface area (Å²) in [5.41, 5.74) is 1.95. The lowest BCUT2D eigenvalue weighted by Crippen LogP contribution is -2.46. The fourth-order valence-corrected chi connectivity index (χ4v) is 12.0. The van der Waals surface area contributed by atoms with Gasteiger partial charge in [0.15, 0.2) is 0 Å². The number of aromatic hydroxyl groups is 1. The normalized spacial score (nSPS) is 28.2. The average molecular weight is 600 g/mol. The fraction of sp³-hybridized carbons (Fsp3) is 0.433. The molecule has 1 N–H and O–H groups in total. The van der Waals surface area contributed by atoms with E-state index in [-0.39, 0.29) is 49.8 Å². The van der Waals surface area contributed by atoms with Crippen LogP contribution >= 0.6 is 11.3 Å². The molecule has 0 radical (unpaired) electrons. The van der Waals surface area contributed by atoms with Crippen LogP contribution in [0.5, 0.6) is 5.75 Å². The molecule has 0 amide bonds. The molecule has 2 fully saturated rings. The van der Waals surface area contributed by atoms with E-state index in [9.17, 15) is 26.7 Å². The summed E-state index contributed by atoms with van der Waals surface area (Å²) in [5, 5.41) is 11.4. The number of sulfone groups is 1. The Morgan fingerprint density at radius 3 is 2.52 bits per heavy atom. The number of nitrogens with zero attached hydrogens (tertiary/aromatic N) is 1. The molecule has 2 aromatic carbocycles. The topological polar surface area (TPSA) is 109 Å². The molecule has 3 aromatic rings. The number of benzene rings is 2. The standard InChI is InChI=1S/C30H33NO6S3/c1-30-13-12-25-24-11-9-21(32)14-19(24)8-10-26(25)29(30)20(15-27(30)33)17-31(2)40(36,37)28-16-23(18-38-28)39(34,35)22-6-4-3-5-7-22/h3-7,9,11,14,16,18,20,25-26,29,32H,8,10,12-13,15,17H2,1-2H3/t20-,25-,26-,29+,30-/m1/s1. The van der Waals surface area contributed by atoms with Gasteiger partial charge in [0.1, 0.15) is 15.7 Å². The second-order valence-electron chi connectivity index (χ2n) is 11.8. The number of sulfonamides is 1. The Morgan fingerprint density at radius 1 is 1.02 bits per heavy atom. The van der Waals surface area contributed by atoms with E-state index < -0.39 is 25.3 Å². The Bertz CT molecular complexity index is 1680. The van der Waals surface area contributed by atoms with Crippen LogP contribution in [0.4, 0.5) is 0 Å². The van der Waals surface area contributed by atoms with E-state index in [1.54, 1.807) is 24.3 Å². The van der Waals surface area contributed by atoms with Gasteiger partial charge in [-0.1, -0.05) is 31.2 Å². The molecular formula is C30H33NO6S3. The third-order valence-electron chi connectivity index (χ3n) is 9.63. The summed E-state index contributed by atoms with van der Waals surface area (Å²) in [6, 6.07) is 14.8. The second-order valence-corrected chi connectivity index (χ2v) is 16.9. The van der Waals surface area contributed by atoms with Crippen LogP contribution in [-0.2, 0) is 31.1 Å². The zero-order valence-electron chi connectivity index (χ0n) is 22.5. The van der Waals surface area contributed by atoms with Crippen molar-refractivity contribution >= 4 is 37.0 Å². The number of rotatable bonds is 6. The van der Waals surface area contributed by atoms with Gasteiger partial charge in [-0.2, -0.15) is 4.31 Å². The van der Waals surface area contributed by atoms with Crippen LogP contribution in [0.25, 0.3) is 0 Å². The molecule has 3 aliphatic carbocycles. The van der Waals surface area contributed by atoms with Gasteiger partial charge in [0, 0.05) is 30.8 Å². The summed E-state index contributed by atoms with van der Waals surface area (Å²) in [6.07, 6.45) is 3.78. The highest BCUT2D eigenvalue weighted by Crippen LogP contribution is 2.61. The first-order valence-electron chi connectivity index (χ1n) is 13.6. The van der Waals surface area contributed by atoms with Gasteiger partial charge < -0.3 is 5.11 Å². The Morgan fingerprint density at radius 2 is 1.77 bits per heavy atom. The van der Waals surface area contributed by atoms with Gasteiger partial charge in [0.25, 0.3) is 10.0 Å². The van der Waals surface area contributed by atoms with Gasteiger partial charge >= 0.3 is 0 Å². The van der Waals surface area contributed by atoms with Crippen molar-refractivity contribution in [2.75, 3.05) is 13.6 Å². The first-order valence-corrected chi connectivity index (χ1v) is 17.4. The molecule has 3 aliphatic rings. The Kier molecular flexibility index (Phi) is 6.76. The summed E-state index contributed by atoms with van der Waals surface area (Å²) in [4.78, 5) is 13.5. The molecule has 2 saturated carbocycles. The lowest BCUT2D eigenvalue weighted by molar-refractivity contribution is -0.129. The maximum Gasteiger partial charge on any atom is 0.252 e. The molecule has 40 heavy (non-hydrogen) atoms. The summed E-state index contributed by atoms with van der Waals surface area (Å²) < 4.78 is 54.6. The number of fused-ring (bicyclic) bond motifs is 5. The Labute approximate surface area is 239 Å². The molecule has 1 heterocycles. The smallest absolute Gasteiger partial charge is 0.252 e. The molecule has 212 valence electrons. The van der Waals surface area contributed by atoms with Crippen molar-refractivity contribution in [3.8, 4) is 5.75 Å². The molecule has 0 aliphatic heterocycles. The van der Waals surface area contributed by atoms with Crippen molar-refractivity contribution in [1.29, 1.82) is 0 Å². The highest BCUT2D eigenvalue weighted by Gasteiger charge is 2.59. The molecule has 10 heteroatoms. The van der Waals surface area contributed by atoms with E-state index in [0.717, 1.165) is 37.0 Å². The van der Waals surface area contributed by atoms with E-state index in [4.69, 9.17) is 0 Å². The molecule has 7 nitrogen and oxygen atoms in total. The van der Waals surface area contributed by atoms with Gasteiger partial charge in [-0.05, 0) is 90.8 Å². The number of Topliss-reactive ketones (excluding diaryl/α,β-unsaturated/α-hetero) is 1. The van der Waals surface area contributed by atoms with Crippen LogP contribution in [0, 0.1) is 23.2 Å². The zero-order chi connectivity index (χ0) is 28.4. The first kappa shape index (κ1) is 27.6. The minimum atomic E-state index is -3.96. The van der Waals surface area contributed by atoms with Crippen LogP contribution < -0.4 is 0 Å². The largest absolute Gasteiger partial charge is 0.508 e. The SMILES string of the molecule is CN(C[C@H]1CC(=O)[C@@]2(C)CC[C@@H]3c4ccc(O)cc4CC[C@H]3[C@H]12)S(=O)(=O)c1cc(S(=O)(=O)c2ccccc2)cs1. The number of ketones is 1. The second kappa shape index (κ2) is 9.79.